The van der Waals surface area contributed by atoms with Gasteiger partial charge in [0, 0.05) is 32.7 Å². The lowest BCUT2D eigenvalue weighted by molar-refractivity contribution is 0.0559. The van der Waals surface area contributed by atoms with E-state index in [2.05, 4.69) is 32.6 Å². The Balaban J connectivity index is 1.37. The molecule has 9 heteroatoms. The number of piperazine rings is 1. The van der Waals surface area contributed by atoms with Gasteiger partial charge in [-0.3, -0.25) is 9.69 Å². The molecule has 3 heterocycles. The molecule has 2 aromatic heterocycles. The lowest BCUT2D eigenvalue weighted by atomic mass is 10.0. The Morgan fingerprint density at radius 1 is 0.971 bits per heavy atom. The van der Waals surface area contributed by atoms with Crippen molar-refractivity contribution < 1.29 is 13.6 Å². The Hall–Kier alpha value is -3.85. The molecule has 0 bridgehead atoms. The Labute approximate surface area is 196 Å². The zero-order valence-corrected chi connectivity index (χ0v) is 18.6. The Morgan fingerprint density at radius 2 is 1.74 bits per heavy atom. The second-order valence-electron chi connectivity index (χ2n) is 8.26. The molecule has 0 radical (unpaired) electrons. The molecule has 0 N–H and O–H groups in total. The van der Waals surface area contributed by atoms with Crippen LogP contribution in [0, 0.1) is 5.82 Å². The number of hydrogen-bond donors (Lipinski definition) is 0. The maximum atomic E-state index is 13.7. The highest BCUT2D eigenvalue weighted by atomic mass is 19.1. The van der Waals surface area contributed by atoms with Crippen molar-refractivity contribution in [2.45, 2.75) is 19.0 Å². The maximum Gasteiger partial charge on any atom is 0.289 e. The molecule has 1 amide bonds. The number of aromatic nitrogens is 4. The van der Waals surface area contributed by atoms with Crippen molar-refractivity contribution in [1.29, 1.82) is 0 Å². The van der Waals surface area contributed by atoms with Crippen LogP contribution in [0.3, 0.4) is 0 Å². The number of aryl methyl sites for hydroxylation is 2. The standard InChI is InChI=1S/C25H25FN6O2/c26-21-10-8-20(9-11-21)23(24-27-28-29-32(24)13-12-19-5-2-1-3-6-19)30-14-16-31(17-15-30)25(33)22-7-4-18-34-22/h1-11,18,23H,12-17H2. The van der Waals surface area contributed by atoms with Gasteiger partial charge in [0.2, 0.25) is 0 Å². The highest BCUT2D eigenvalue weighted by Crippen LogP contribution is 2.28. The summed E-state index contributed by atoms with van der Waals surface area (Å²) in [4.78, 5) is 16.7. The summed E-state index contributed by atoms with van der Waals surface area (Å²) in [6.45, 7) is 2.96. The number of amides is 1. The summed E-state index contributed by atoms with van der Waals surface area (Å²) in [5.74, 6) is 0.637. The number of carbonyl (C=O) groups excluding carboxylic acids is 1. The summed E-state index contributed by atoms with van der Waals surface area (Å²) in [6.07, 6.45) is 2.30. The van der Waals surface area contributed by atoms with Gasteiger partial charge < -0.3 is 9.32 Å². The number of furan rings is 1. The second-order valence-corrected chi connectivity index (χ2v) is 8.26. The molecule has 1 unspecified atom stereocenters. The molecule has 1 saturated heterocycles. The molecule has 174 valence electrons. The predicted molar refractivity (Wildman–Crippen MR) is 122 cm³/mol. The van der Waals surface area contributed by atoms with E-state index >= 15 is 0 Å². The third-order valence-corrected chi connectivity index (χ3v) is 6.14. The quantitative estimate of drug-likeness (QED) is 0.421. The van der Waals surface area contributed by atoms with Gasteiger partial charge in [0.15, 0.2) is 11.6 Å². The normalized spacial score (nSPS) is 15.4. The summed E-state index contributed by atoms with van der Waals surface area (Å²) in [5, 5.41) is 12.6. The number of nitrogens with zero attached hydrogens (tertiary/aromatic N) is 6. The maximum absolute atomic E-state index is 13.7. The van der Waals surface area contributed by atoms with Crippen LogP contribution in [-0.2, 0) is 13.0 Å². The third kappa shape index (κ3) is 4.74. The monoisotopic (exact) mass is 460 g/mol. The first kappa shape index (κ1) is 22.0. The van der Waals surface area contributed by atoms with Gasteiger partial charge in [-0.2, -0.15) is 0 Å². The summed E-state index contributed by atoms with van der Waals surface area (Å²) in [5.41, 5.74) is 2.11. The first-order chi connectivity index (χ1) is 16.7. The zero-order valence-electron chi connectivity index (χ0n) is 18.6. The zero-order chi connectivity index (χ0) is 23.3. The smallest absolute Gasteiger partial charge is 0.289 e. The summed E-state index contributed by atoms with van der Waals surface area (Å²) in [7, 11) is 0. The fraction of sp³-hybridized carbons (Fsp3) is 0.280. The van der Waals surface area contributed by atoms with Crippen molar-refractivity contribution in [2.24, 2.45) is 0 Å². The van der Waals surface area contributed by atoms with Crippen LogP contribution in [0.15, 0.2) is 77.4 Å². The number of carbonyl (C=O) groups is 1. The minimum atomic E-state index is -0.292. The van der Waals surface area contributed by atoms with E-state index in [0.717, 1.165) is 12.0 Å². The van der Waals surface area contributed by atoms with Crippen LogP contribution >= 0.6 is 0 Å². The van der Waals surface area contributed by atoms with Crippen molar-refractivity contribution in [1.82, 2.24) is 30.0 Å². The minimum absolute atomic E-state index is 0.115. The molecule has 5 rings (SSSR count). The molecule has 0 aliphatic carbocycles. The topological polar surface area (TPSA) is 80.3 Å². The molecule has 1 aliphatic heterocycles. The SMILES string of the molecule is O=C(c1ccco1)N1CCN(C(c2ccc(F)cc2)c2nnnn2CCc2ccccc2)CC1. The summed E-state index contributed by atoms with van der Waals surface area (Å²) >= 11 is 0. The van der Waals surface area contributed by atoms with E-state index in [1.54, 1.807) is 29.2 Å². The largest absolute Gasteiger partial charge is 0.459 e. The van der Waals surface area contributed by atoms with Gasteiger partial charge in [0.25, 0.3) is 5.91 Å². The van der Waals surface area contributed by atoms with Crippen LogP contribution in [0.4, 0.5) is 4.39 Å². The molecular weight excluding hydrogens is 435 g/mol. The molecule has 34 heavy (non-hydrogen) atoms. The number of rotatable bonds is 7. The Morgan fingerprint density at radius 3 is 2.44 bits per heavy atom. The van der Waals surface area contributed by atoms with Gasteiger partial charge >= 0.3 is 0 Å². The molecule has 1 aliphatic rings. The van der Waals surface area contributed by atoms with Crippen molar-refractivity contribution in [3.63, 3.8) is 0 Å². The van der Waals surface area contributed by atoms with Crippen LogP contribution in [0.1, 0.15) is 33.5 Å². The highest BCUT2D eigenvalue weighted by molar-refractivity contribution is 5.91. The van der Waals surface area contributed by atoms with E-state index in [4.69, 9.17) is 4.42 Å². The van der Waals surface area contributed by atoms with E-state index in [0.29, 0.717) is 44.3 Å². The third-order valence-electron chi connectivity index (χ3n) is 6.14. The van der Waals surface area contributed by atoms with Gasteiger partial charge in [-0.1, -0.05) is 42.5 Å². The summed E-state index contributed by atoms with van der Waals surface area (Å²) in [6, 6.07) is 19.8. The fourth-order valence-corrected chi connectivity index (χ4v) is 4.35. The van der Waals surface area contributed by atoms with E-state index < -0.39 is 0 Å². The van der Waals surface area contributed by atoms with Crippen molar-refractivity contribution in [3.05, 3.63) is 102 Å². The number of hydrogen-bond acceptors (Lipinski definition) is 6. The van der Waals surface area contributed by atoms with Crippen molar-refractivity contribution in [2.75, 3.05) is 26.2 Å². The predicted octanol–water partition coefficient (Wildman–Crippen LogP) is 3.20. The van der Waals surface area contributed by atoms with E-state index in [9.17, 15) is 9.18 Å². The fourth-order valence-electron chi connectivity index (χ4n) is 4.35. The number of halogens is 1. The van der Waals surface area contributed by atoms with Crippen LogP contribution in [0.2, 0.25) is 0 Å². The molecule has 4 aromatic rings. The molecule has 0 saturated carbocycles. The molecule has 0 spiro atoms. The van der Waals surface area contributed by atoms with E-state index in [-0.39, 0.29) is 17.8 Å². The first-order valence-electron chi connectivity index (χ1n) is 11.3. The van der Waals surface area contributed by atoms with Gasteiger partial charge in [-0.05, 0) is 52.2 Å². The van der Waals surface area contributed by atoms with Crippen molar-refractivity contribution >= 4 is 5.91 Å². The lowest BCUT2D eigenvalue weighted by Crippen LogP contribution is -2.50. The second kappa shape index (κ2) is 9.96. The van der Waals surface area contributed by atoms with Gasteiger partial charge in [0.1, 0.15) is 5.82 Å². The van der Waals surface area contributed by atoms with E-state index in [1.165, 1.54) is 24.0 Å². The summed E-state index contributed by atoms with van der Waals surface area (Å²) < 4.78 is 20.8. The van der Waals surface area contributed by atoms with Gasteiger partial charge in [-0.15, -0.1) is 5.10 Å². The first-order valence-corrected chi connectivity index (χ1v) is 11.3. The van der Waals surface area contributed by atoms with E-state index in [1.807, 2.05) is 22.9 Å². The van der Waals surface area contributed by atoms with Gasteiger partial charge in [0.05, 0.1) is 12.3 Å². The van der Waals surface area contributed by atoms with Gasteiger partial charge in [-0.25, -0.2) is 9.07 Å². The number of benzene rings is 2. The molecule has 2 aromatic carbocycles. The molecule has 8 nitrogen and oxygen atoms in total. The average molecular weight is 461 g/mol. The van der Waals surface area contributed by atoms with Crippen LogP contribution in [0.25, 0.3) is 0 Å². The Kier molecular flexibility index (Phi) is 6.44. The minimum Gasteiger partial charge on any atom is -0.459 e. The average Bonchev–Trinajstić information content (AvgIpc) is 3.58. The molecule has 1 fully saturated rings. The number of tetrazole rings is 1. The lowest BCUT2D eigenvalue weighted by Gasteiger charge is -2.38. The van der Waals surface area contributed by atoms with Crippen LogP contribution < -0.4 is 0 Å². The van der Waals surface area contributed by atoms with Crippen molar-refractivity contribution in [3.8, 4) is 0 Å². The van der Waals surface area contributed by atoms with Crippen LogP contribution in [0.5, 0.6) is 0 Å². The Bertz CT molecular complexity index is 1200. The highest BCUT2D eigenvalue weighted by Gasteiger charge is 2.32. The molecular formula is C25H25FN6O2. The van der Waals surface area contributed by atoms with Crippen LogP contribution in [-0.4, -0.2) is 62.1 Å². The molecule has 1 atom stereocenters.